The van der Waals surface area contributed by atoms with Crippen LogP contribution >= 0.6 is 0 Å². The Morgan fingerprint density at radius 2 is 1.94 bits per heavy atom. The van der Waals surface area contributed by atoms with Crippen molar-refractivity contribution in [2.75, 3.05) is 6.54 Å². The van der Waals surface area contributed by atoms with Gasteiger partial charge in [-0.05, 0) is 17.5 Å². The maximum absolute atomic E-state index is 11.6. The van der Waals surface area contributed by atoms with E-state index in [1.54, 1.807) is 0 Å². The Kier molecular flexibility index (Phi) is 2.44. The lowest BCUT2D eigenvalue weighted by Gasteiger charge is -2.31. The number of benzene rings is 1. The van der Waals surface area contributed by atoms with Gasteiger partial charge in [-0.1, -0.05) is 24.3 Å². The molecule has 0 spiro atoms. The van der Waals surface area contributed by atoms with E-state index in [1.165, 1.54) is 11.1 Å². The van der Waals surface area contributed by atoms with Crippen molar-refractivity contribution in [2.24, 2.45) is 0 Å². The molecular formula is C13H14N2O2. The number of hydrogen-bond acceptors (Lipinski definition) is 3. The van der Waals surface area contributed by atoms with Crippen molar-refractivity contribution >= 4 is 11.8 Å². The molecule has 1 atom stereocenters. The number of hydrogen-bond donors (Lipinski definition) is 1. The smallest absolute Gasteiger partial charge is 0.244 e. The van der Waals surface area contributed by atoms with E-state index in [1.807, 2.05) is 12.1 Å². The second-order valence-electron chi connectivity index (χ2n) is 4.62. The predicted octanol–water partition coefficient (Wildman–Crippen LogP) is 0.460. The molecule has 88 valence electrons. The minimum atomic E-state index is -0.268. The summed E-state index contributed by atoms with van der Waals surface area (Å²) in [5.74, 6) is -0.298. The molecule has 1 aromatic carbocycles. The molecule has 4 heteroatoms. The molecule has 2 aliphatic heterocycles. The molecule has 1 N–H and O–H groups in total. The number of amides is 2. The summed E-state index contributed by atoms with van der Waals surface area (Å²) in [6.45, 7) is 1.61. The van der Waals surface area contributed by atoms with Crippen molar-refractivity contribution < 1.29 is 9.59 Å². The summed E-state index contributed by atoms with van der Waals surface area (Å²) in [4.78, 5) is 24.9. The van der Waals surface area contributed by atoms with Crippen molar-refractivity contribution in [1.82, 2.24) is 10.2 Å². The molecule has 1 aromatic rings. The molecule has 1 saturated heterocycles. The standard InChI is InChI=1S/C13H14N2O2/c16-12-7-11(13(17)14-12)15-6-5-9-3-1-2-4-10(9)8-15/h1-4,11H,5-8H2,(H,14,16,17). The van der Waals surface area contributed by atoms with Crippen molar-refractivity contribution in [2.45, 2.75) is 25.4 Å². The quantitative estimate of drug-likeness (QED) is 0.713. The van der Waals surface area contributed by atoms with Crippen LogP contribution in [-0.4, -0.2) is 29.3 Å². The number of imide groups is 1. The van der Waals surface area contributed by atoms with Gasteiger partial charge in [-0.25, -0.2) is 0 Å². The van der Waals surface area contributed by atoms with Gasteiger partial charge < -0.3 is 0 Å². The maximum Gasteiger partial charge on any atom is 0.244 e. The average Bonchev–Trinajstić information content (AvgIpc) is 2.68. The van der Waals surface area contributed by atoms with Crippen LogP contribution in [0.1, 0.15) is 17.5 Å². The Morgan fingerprint density at radius 3 is 2.65 bits per heavy atom. The number of rotatable bonds is 1. The second-order valence-corrected chi connectivity index (χ2v) is 4.62. The fraction of sp³-hybridized carbons (Fsp3) is 0.385. The van der Waals surface area contributed by atoms with Crippen LogP contribution in [0.15, 0.2) is 24.3 Å². The molecule has 0 aliphatic carbocycles. The van der Waals surface area contributed by atoms with Crippen LogP contribution in [0.25, 0.3) is 0 Å². The molecule has 17 heavy (non-hydrogen) atoms. The normalized spacial score (nSPS) is 24.6. The largest absolute Gasteiger partial charge is 0.295 e. The molecule has 1 fully saturated rings. The summed E-state index contributed by atoms with van der Waals surface area (Å²) in [5, 5.41) is 2.37. The Labute approximate surface area is 99.6 Å². The van der Waals surface area contributed by atoms with Gasteiger partial charge in [-0.2, -0.15) is 0 Å². The summed E-state index contributed by atoms with van der Waals surface area (Å²) < 4.78 is 0. The van der Waals surface area contributed by atoms with E-state index < -0.39 is 0 Å². The highest BCUT2D eigenvalue weighted by atomic mass is 16.2. The molecule has 1 unspecified atom stereocenters. The third kappa shape index (κ3) is 1.85. The van der Waals surface area contributed by atoms with Gasteiger partial charge in [0.2, 0.25) is 11.8 Å². The Balaban J connectivity index is 1.80. The van der Waals surface area contributed by atoms with Crippen LogP contribution in [0, 0.1) is 0 Å². The van der Waals surface area contributed by atoms with Crippen LogP contribution in [0.3, 0.4) is 0 Å². The number of carbonyl (C=O) groups excluding carboxylic acids is 2. The molecule has 0 aromatic heterocycles. The first-order chi connectivity index (χ1) is 8.24. The van der Waals surface area contributed by atoms with E-state index in [9.17, 15) is 9.59 Å². The van der Waals surface area contributed by atoms with Gasteiger partial charge in [-0.15, -0.1) is 0 Å². The van der Waals surface area contributed by atoms with Gasteiger partial charge in [-0.3, -0.25) is 19.8 Å². The lowest BCUT2D eigenvalue weighted by molar-refractivity contribution is -0.126. The third-order valence-electron chi connectivity index (χ3n) is 3.54. The van der Waals surface area contributed by atoms with E-state index in [0.29, 0.717) is 6.42 Å². The van der Waals surface area contributed by atoms with Gasteiger partial charge in [0.15, 0.2) is 0 Å². The Bertz CT molecular complexity index is 484. The topological polar surface area (TPSA) is 49.4 Å². The van der Waals surface area contributed by atoms with E-state index in [-0.39, 0.29) is 17.9 Å². The zero-order valence-corrected chi connectivity index (χ0v) is 9.48. The molecule has 4 nitrogen and oxygen atoms in total. The lowest BCUT2D eigenvalue weighted by Crippen LogP contribution is -2.43. The Morgan fingerprint density at radius 1 is 1.18 bits per heavy atom. The highest BCUT2D eigenvalue weighted by molar-refractivity contribution is 6.05. The van der Waals surface area contributed by atoms with E-state index in [2.05, 4.69) is 22.3 Å². The number of nitrogens with zero attached hydrogens (tertiary/aromatic N) is 1. The molecule has 2 heterocycles. The van der Waals surface area contributed by atoms with Gasteiger partial charge in [0.25, 0.3) is 0 Å². The highest BCUT2D eigenvalue weighted by Gasteiger charge is 2.36. The SMILES string of the molecule is O=C1CC(N2CCc3ccccc3C2)C(=O)N1. The summed E-state index contributed by atoms with van der Waals surface area (Å²) >= 11 is 0. The first-order valence-corrected chi connectivity index (χ1v) is 5.88. The van der Waals surface area contributed by atoms with Crippen LogP contribution in [0.4, 0.5) is 0 Å². The van der Waals surface area contributed by atoms with Gasteiger partial charge in [0, 0.05) is 13.1 Å². The molecule has 3 rings (SSSR count). The summed E-state index contributed by atoms with van der Waals surface area (Å²) in [7, 11) is 0. The fourth-order valence-corrected chi connectivity index (χ4v) is 2.62. The summed E-state index contributed by atoms with van der Waals surface area (Å²) in [6, 6.07) is 8.02. The summed E-state index contributed by atoms with van der Waals surface area (Å²) in [5.41, 5.74) is 2.62. The van der Waals surface area contributed by atoms with Crippen molar-refractivity contribution in [3.05, 3.63) is 35.4 Å². The number of fused-ring (bicyclic) bond motifs is 1. The van der Waals surface area contributed by atoms with Gasteiger partial charge >= 0.3 is 0 Å². The minimum Gasteiger partial charge on any atom is -0.295 e. The van der Waals surface area contributed by atoms with Crippen molar-refractivity contribution in [3.8, 4) is 0 Å². The van der Waals surface area contributed by atoms with Gasteiger partial charge in [0.05, 0.1) is 12.5 Å². The van der Waals surface area contributed by atoms with Crippen LogP contribution < -0.4 is 5.32 Å². The first kappa shape index (κ1) is 10.5. The zero-order chi connectivity index (χ0) is 11.8. The molecule has 0 radical (unpaired) electrons. The summed E-state index contributed by atoms with van der Waals surface area (Å²) in [6.07, 6.45) is 1.26. The third-order valence-corrected chi connectivity index (χ3v) is 3.54. The molecule has 0 bridgehead atoms. The van der Waals surface area contributed by atoms with Crippen molar-refractivity contribution in [1.29, 1.82) is 0 Å². The zero-order valence-electron chi connectivity index (χ0n) is 9.48. The molecular weight excluding hydrogens is 216 g/mol. The number of carbonyl (C=O) groups is 2. The first-order valence-electron chi connectivity index (χ1n) is 5.88. The molecule has 2 aliphatic rings. The highest BCUT2D eigenvalue weighted by Crippen LogP contribution is 2.22. The van der Waals surface area contributed by atoms with Crippen LogP contribution in [-0.2, 0) is 22.6 Å². The Hall–Kier alpha value is -1.68. The van der Waals surface area contributed by atoms with E-state index in [0.717, 1.165) is 19.5 Å². The maximum atomic E-state index is 11.6. The van der Waals surface area contributed by atoms with Crippen molar-refractivity contribution in [3.63, 3.8) is 0 Å². The average molecular weight is 230 g/mol. The lowest BCUT2D eigenvalue weighted by atomic mass is 9.98. The minimum absolute atomic E-state index is 0.144. The van der Waals surface area contributed by atoms with E-state index in [4.69, 9.17) is 0 Å². The predicted molar refractivity (Wildman–Crippen MR) is 62.1 cm³/mol. The van der Waals surface area contributed by atoms with Gasteiger partial charge in [0.1, 0.15) is 0 Å². The molecule has 0 saturated carbocycles. The number of nitrogens with one attached hydrogen (secondary N) is 1. The second kappa shape index (κ2) is 3.96. The van der Waals surface area contributed by atoms with Crippen LogP contribution in [0.2, 0.25) is 0 Å². The van der Waals surface area contributed by atoms with Crippen LogP contribution in [0.5, 0.6) is 0 Å². The monoisotopic (exact) mass is 230 g/mol. The fourth-order valence-electron chi connectivity index (χ4n) is 2.62. The molecule has 2 amide bonds. The van der Waals surface area contributed by atoms with E-state index >= 15 is 0 Å².